The van der Waals surface area contributed by atoms with Crippen LogP contribution in [0.25, 0.3) is 0 Å². The third-order valence-corrected chi connectivity index (χ3v) is 4.72. The molecule has 0 aromatic rings. The Kier molecular flexibility index (Phi) is 9.01. The van der Waals surface area contributed by atoms with Gasteiger partial charge in [0.1, 0.15) is 0 Å². The molecule has 1 fully saturated rings. The van der Waals surface area contributed by atoms with Crippen molar-refractivity contribution in [3.8, 4) is 0 Å². The third-order valence-electron chi connectivity index (χ3n) is 4.72. The molecule has 1 aliphatic heterocycles. The summed E-state index contributed by atoms with van der Waals surface area (Å²) >= 11 is 0. The zero-order valence-electron chi connectivity index (χ0n) is 14.4. The number of hydrogen-bond acceptors (Lipinski definition) is 3. The van der Waals surface area contributed by atoms with E-state index in [1.165, 1.54) is 0 Å². The minimum Gasteiger partial charge on any atom is -0.349 e. The van der Waals surface area contributed by atoms with Gasteiger partial charge in [0.25, 0.3) is 0 Å². The minimum atomic E-state index is -0.382. The van der Waals surface area contributed by atoms with Crippen molar-refractivity contribution in [2.24, 2.45) is 17.6 Å². The number of carbonyl (C=O) groups is 2. The topological polar surface area (TPSA) is 75.4 Å². The Hall–Kier alpha value is -0.810. The van der Waals surface area contributed by atoms with Crippen LogP contribution in [0.3, 0.4) is 0 Å². The normalized spacial score (nSPS) is 21.0. The molecular weight excluding hydrogens is 302 g/mol. The fraction of sp³-hybridized carbons (Fsp3) is 0.875. The van der Waals surface area contributed by atoms with E-state index in [2.05, 4.69) is 19.2 Å². The van der Waals surface area contributed by atoms with Gasteiger partial charge in [-0.25, -0.2) is 0 Å². The van der Waals surface area contributed by atoms with E-state index in [-0.39, 0.29) is 41.6 Å². The zero-order valence-corrected chi connectivity index (χ0v) is 15.2. The summed E-state index contributed by atoms with van der Waals surface area (Å²) in [6, 6.07) is 0. The molecule has 0 aromatic carbocycles. The lowest BCUT2D eigenvalue weighted by Gasteiger charge is -2.37. The van der Waals surface area contributed by atoms with Gasteiger partial charge in [0.15, 0.2) is 0 Å². The Morgan fingerprint density at radius 2 is 2.05 bits per heavy atom. The molecule has 22 heavy (non-hydrogen) atoms. The van der Waals surface area contributed by atoms with Gasteiger partial charge in [-0.1, -0.05) is 20.8 Å². The maximum absolute atomic E-state index is 12.5. The first kappa shape index (κ1) is 21.2. The van der Waals surface area contributed by atoms with E-state index in [4.69, 9.17) is 5.73 Å². The van der Waals surface area contributed by atoms with Crippen LogP contribution in [0.4, 0.5) is 0 Å². The number of nitrogens with one attached hydrogen (secondary N) is 1. The Morgan fingerprint density at radius 3 is 2.55 bits per heavy atom. The Morgan fingerprint density at radius 1 is 1.41 bits per heavy atom. The lowest BCUT2D eigenvalue weighted by atomic mass is 9.87. The highest BCUT2D eigenvalue weighted by atomic mass is 35.5. The van der Waals surface area contributed by atoms with Crippen LogP contribution in [-0.2, 0) is 9.59 Å². The van der Waals surface area contributed by atoms with E-state index in [1.54, 1.807) is 0 Å². The summed E-state index contributed by atoms with van der Waals surface area (Å²) in [5, 5.41) is 3.10. The van der Waals surface area contributed by atoms with Crippen molar-refractivity contribution in [1.29, 1.82) is 0 Å². The highest BCUT2D eigenvalue weighted by molar-refractivity contribution is 5.85. The molecule has 5 nitrogen and oxygen atoms in total. The zero-order chi connectivity index (χ0) is 16.0. The second-order valence-corrected chi connectivity index (χ2v) is 6.69. The molecule has 1 heterocycles. The largest absolute Gasteiger partial charge is 0.349 e. The second kappa shape index (κ2) is 9.36. The molecule has 0 bridgehead atoms. The highest BCUT2D eigenvalue weighted by Crippen LogP contribution is 2.21. The molecule has 1 rings (SSSR count). The van der Waals surface area contributed by atoms with Crippen LogP contribution >= 0.6 is 12.4 Å². The molecule has 2 unspecified atom stereocenters. The summed E-state index contributed by atoms with van der Waals surface area (Å²) in [7, 11) is 0. The number of nitrogens with two attached hydrogens (primary N) is 1. The van der Waals surface area contributed by atoms with Gasteiger partial charge in [0, 0.05) is 26.1 Å². The van der Waals surface area contributed by atoms with Gasteiger partial charge < -0.3 is 16.0 Å². The lowest BCUT2D eigenvalue weighted by molar-refractivity contribution is -0.136. The van der Waals surface area contributed by atoms with Crippen molar-refractivity contribution >= 4 is 24.2 Å². The summed E-state index contributed by atoms with van der Waals surface area (Å²) in [6.45, 7) is 9.85. The molecule has 0 aliphatic carbocycles. The van der Waals surface area contributed by atoms with E-state index in [9.17, 15) is 9.59 Å². The predicted molar refractivity (Wildman–Crippen MR) is 91.9 cm³/mol. The first-order valence-electron chi connectivity index (χ1n) is 8.14. The van der Waals surface area contributed by atoms with Gasteiger partial charge in [-0.3, -0.25) is 9.59 Å². The maximum Gasteiger partial charge on any atom is 0.225 e. The van der Waals surface area contributed by atoms with Crippen molar-refractivity contribution in [1.82, 2.24) is 10.2 Å². The van der Waals surface area contributed by atoms with Gasteiger partial charge >= 0.3 is 0 Å². The summed E-state index contributed by atoms with van der Waals surface area (Å²) < 4.78 is 0. The lowest BCUT2D eigenvalue weighted by Crippen LogP contribution is -2.58. The van der Waals surface area contributed by atoms with Crippen LogP contribution in [0.5, 0.6) is 0 Å². The van der Waals surface area contributed by atoms with Gasteiger partial charge in [-0.15, -0.1) is 12.4 Å². The second-order valence-electron chi connectivity index (χ2n) is 6.69. The van der Waals surface area contributed by atoms with Crippen molar-refractivity contribution in [3.63, 3.8) is 0 Å². The monoisotopic (exact) mass is 333 g/mol. The van der Waals surface area contributed by atoms with Crippen LogP contribution in [0.1, 0.15) is 53.4 Å². The summed E-state index contributed by atoms with van der Waals surface area (Å²) in [5.74, 6) is 0.364. The minimum absolute atomic E-state index is 0. The van der Waals surface area contributed by atoms with E-state index in [0.29, 0.717) is 19.5 Å². The number of piperidine rings is 1. The van der Waals surface area contributed by atoms with Crippen molar-refractivity contribution in [2.75, 3.05) is 19.6 Å². The Bertz CT molecular complexity index is 376. The van der Waals surface area contributed by atoms with Crippen molar-refractivity contribution < 1.29 is 9.59 Å². The first-order valence-corrected chi connectivity index (χ1v) is 8.14. The Labute approximate surface area is 140 Å². The number of rotatable bonds is 6. The fourth-order valence-corrected chi connectivity index (χ4v) is 2.60. The number of amides is 2. The molecular formula is C16H32ClN3O2. The van der Waals surface area contributed by atoms with Crippen LogP contribution in [0.15, 0.2) is 0 Å². The number of nitrogens with zero attached hydrogens (tertiary/aromatic N) is 1. The molecule has 2 atom stereocenters. The molecule has 1 aliphatic rings. The van der Waals surface area contributed by atoms with E-state index >= 15 is 0 Å². The molecule has 2 amide bonds. The fourth-order valence-electron chi connectivity index (χ4n) is 2.60. The number of hydrogen-bond donors (Lipinski definition) is 2. The smallest absolute Gasteiger partial charge is 0.225 e. The van der Waals surface area contributed by atoms with E-state index < -0.39 is 0 Å². The van der Waals surface area contributed by atoms with Gasteiger partial charge in [-0.05, 0) is 32.1 Å². The summed E-state index contributed by atoms with van der Waals surface area (Å²) in [4.78, 5) is 26.3. The molecule has 3 N–H and O–H groups in total. The molecule has 130 valence electrons. The first-order chi connectivity index (χ1) is 9.84. The van der Waals surface area contributed by atoms with Gasteiger partial charge in [0.05, 0.1) is 11.5 Å². The molecule has 0 spiro atoms. The standard InChI is InChI=1S/C16H31N3O2.ClH/c1-5-7-14(20)19-9-6-8-13(10-19)15(21)18-16(4,11-17)12(2)3;/h12-13H,5-11,17H2,1-4H3,(H,18,21);1H. The van der Waals surface area contributed by atoms with Gasteiger partial charge in [0.2, 0.25) is 11.8 Å². The third kappa shape index (κ3) is 5.43. The number of halogens is 1. The summed E-state index contributed by atoms with van der Waals surface area (Å²) in [6.07, 6.45) is 3.17. The van der Waals surface area contributed by atoms with Crippen molar-refractivity contribution in [2.45, 2.75) is 58.9 Å². The maximum atomic E-state index is 12.5. The Balaban J connectivity index is 0.00000441. The summed E-state index contributed by atoms with van der Waals surface area (Å²) in [5.41, 5.74) is 5.44. The molecule has 1 saturated heterocycles. The van der Waals surface area contributed by atoms with Crippen LogP contribution in [0, 0.1) is 11.8 Å². The quantitative estimate of drug-likeness (QED) is 0.780. The highest BCUT2D eigenvalue weighted by Gasteiger charge is 2.34. The van der Waals surface area contributed by atoms with Crippen LogP contribution in [0.2, 0.25) is 0 Å². The SMILES string of the molecule is CCCC(=O)N1CCCC(C(=O)NC(C)(CN)C(C)C)C1.Cl. The van der Waals surface area contributed by atoms with Crippen LogP contribution < -0.4 is 11.1 Å². The molecule has 0 radical (unpaired) electrons. The molecule has 6 heteroatoms. The average Bonchev–Trinajstić information content (AvgIpc) is 2.47. The number of likely N-dealkylation sites (tertiary alicyclic amines) is 1. The average molecular weight is 334 g/mol. The molecule has 0 saturated carbocycles. The van der Waals surface area contributed by atoms with Gasteiger partial charge in [-0.2, -0.15) is 0 Å². The van der Waals surface area contributed by atoms with E-state index in [1.807, 2.05) is 18.7 Å². The predicted octanol–water partition coefficient (Wildman–Crippen LogP) is 1.94. The molecule has 0 aromatic heterocycles. The van der Waals surface area contributed by atoms with Crippen molar-refractivity contribution in [3.05, 3.63) is 0 Å². The number of carbonyl (C=O) groups excluding carboxylic acids is 2. The van der Waals surface area contributed by atoms with Crippen LogP contribution in [-0.4, -0.2) is 41.9 Å². The van der Waals surface area contributed by atoms with E-state index in [0.717, 1.165) is 25.8 Å².